The number of ether oxygens (including phenoxy) is 1. The van der Waals surface area contributed by atoms with Gasteiger partial charge in [-0.2, -0.15) is 0 Å². The van der Waals surface area contributed by atoms with Crippen molar-refractivity contribution >= 4 is 29.2 Å². The molecule has 1 aliphatic heterocycles. The van der Waals surface area contributed by atoms with Crippen molar-refractivity contribution in [2.45, 2.75) is 12.0 Å². The van der Waals surface area contributed by atoms with Gasteiger partial charge in [-0.25, -0.2) is 4.79 Å². The first-order valence-electron chi connectivity index (χ1n) is 6.38. The Kier molecular flexibility index (Phi) is 5.48. The normalized spacial score (nSPS) is 23.1. The molecule has 1 saturated heterocycles. The van der Waals surface area contributed by atoms with Gasteiger partial charge in [0.2, 0.25) is 0 Å². The molecule has 1 aromatic rings. The highest BCUT2D eigenvalue weighted by atomic mass is 35.5. The molecule has 0 aromatic heterocycles. The molecular formula is C13H17Cl2N3O2. The summed E-state index contributed by atoms with van der Waals surface area (Å²) >= 11 is 12.0. The van der Waals surface area contributed by atoms with Crippen LogP contribution < -0.4 is 16.4 Å². The molecule has 110 valence electrons. The number of primary amides is 1. The Balaban J connectivity index is 2.18. The third-order valence-electron chi connectivity index (χ3n) is 3.27. The third-order valence-corrected chi connectivity index (χ3v) is 4.01. The van der Waals surface area contributed by atoms with E-state index in [0.29, 0.717) is 23.2 Å². The molecule has 1 aromatic carbocycles. The van der Waals surface area contributed by atoms with Crippen LogP contribution in [0.5, 0.6) is 0 Å². The van der Waals surface area contributed by atoms with E-state index in [0.717, 1.165) is 18.7 Å². The fraction of sp³-hybridized carbons (Fsp3) is 0.462. The molecule has 2 atom stereocenters. The Morgan fingerprint density at radius 2 is 2.25 bits per heavy atom. The van der Waals surface area contributed by atoms with E-state index in [1.807, 2.05) is 12.1 Å². The Labute approximate surface area is 127 Å². The van der Waals surface area contributed by atoms with Gasteiger partial charge in [-0.05, 0) is 17.7 Å². The Morgan fingerprint density at radius 3 is 2.95 bits per heavy atom. The average molecular weight is 318 g/mol. The summed E-state index contributed by atoms with van der Waals surface area (Å²) in [7, 11) is 0. The number of hydrogen-bond donors (Lipinski definition) is 3. The van der Waals surface area contributed by atoms with Crippen molar-refractivity contribution in [1.82, 2.24) is 10.6 Å². The average Bonchev–Trinajstić information content (AvgIpc) is 2.65. The highest BCUT2D eigenvalue weighted by molar-refractivity contribution is 6.42. The van der Waals surface area contributed by atoms with Crippen molar-refractivity contribution in [1.29, 1.82) is 0 Å². The summed E-state index contributed by atoms with van der Waals surface area (Å²) in [5.74, 6) is 0.0686. The molecule has 2 amide bonds. The Hall–Kier alpha value is -1.01. The molecular weight excluding hydrogens is 301 g/mol. The highest BCUT2D eigenvalue weighted by Gasteiger charge is 2.26. The Morgan fingerprint density at radius 1 is 1.45 bits per heavy atom. The predicted molar refractivity (Wildman–Crippen MR) is 79.4 cm³/mol. The molecule has 0 bridgehead atoms. The van der Waals surface area contributed by atoms with E-state index in [-0.39, 0.29) is 12.0 Å². The van der Waals surface area contributed by atoms with E-state index in [9.17, 15) is 4.79 Å². The maximum atomic E-state index is 10.9. The molecule has 2 rings (SSSR count). The zero-order chi connectivity index (χ0) is 14.5. The number of benzene rings is 1. The van der Waals surface area contributed by atoms with Gasteiger partial charge in [0.15, 0.2) is 0 Å². The van der Waals surface area contributed by atoms with Gasteiger partial charge >= 0.3 is 6.03 Å². The maximum Gasteiger partial charge on any atom is 0.312 e. The molecule has 0 radical (unpaired) electrons. The molecule has 0 spiro atoms. The lowest BCUT2D eigenvalue weighted by Crippen LogP contribution is -2.40. The van der Waals surface area contributed by atoms with Crippen LogP contribution in [-0.2, 0) is 4.74 Å². The SMILES string of the molecule is NC(=O)NCC1OCCNCC1c1ccc(Cl)c(Cl)c1. The van der Waals surface area contributed by atoms with Gasteiger partial charge < -0.3 is 21.1 Å². The van der Waals surface area contributed by atoms with Crippen LogP contribution in [0.3, 0.4) is 0 Å². The van der Waals surface area contributed by atoms with Crippen LogP contribution in [0.1, 0.15) is 11.5 Å². The predicted octanol–water partition coefficient (Wildman–Crippen LogP) is 1.73. The summed E-state index contributed by atoms with van der Waals surface area (Å²) in [5, 5.41) is 6.93. The van der Waals surface area contributed by atoms with Gasteiger partial charge in [-0.3, -0.25) is 0 Å². The van der Waals surface area contributed by atoms with Gasteiger partial charge in [-0.15, -0.1) is 0 Å². The number of carbonyl (C=O) groups is 1. The highest BCUT2D eigenvalue weighted by Crippen LogP contribution is 2.29. The topological polar surface area (TPSA) is 76.4 Å². The van der Waals surface area contributed by atoms with Crippen molar-refractivity contribution in [2.75, 3.05) is 26.2 Å². The van der Waals surface area contributed by atoms with Gasteiger partial charge in [-0.1, -0.05) is 29.3 Å². The van der Waals surface area contributed by atoms with Crippen molar-refractivity contribution in [3.63, 3.8) is 0 Å². The molecule has 20 heavy (non-hydrogen) atoms. The van der Waals surface area contributed by atoms with E-state index in [1.165, 1.54) is 0 Å². The first kappa shape index (κ1) is 15.4. The molecule has 1 aliphatic rings. The van der Waals surface area contributed by atoms with Crippen molar-refractivity contribution in [2.24, 2.45) is 5.73 Å². The van der Waals surface area contributed by atoms with Crippen LogP contribution in [0, 0.1) is 0 Å². The summed E-state index contributed by atoms with van der Waals surface area (Å²) in [6, 6.07) is 4.97. The fourth-order valence-electron chi connectivity index (χ4n) is 2.27. The number of nitrogens with one attached hydrogen (secondary N) is 2. The van der Waals surface area contributed by atoms with Gasteiger partial charge in [0.1, 0.15) is 0 Å². The molecule has 0 aliphatic carbocycles. The molecule has 1 fully saturated rings. The van der Waals surface area contributed by atoms with Crippen LogP contribution in [0.15, 0.2) is 18.2 Å². The summed E-state index contributed by atoms with van der Waals surface area (Å²) < 4.78 is 5.78. The van der Waals surface area contributed by atoms with Crippen molar-refractivity contribution < 1.29 is 9.53 Å². The van der Waals surface area contributed by atoms with Gasteiger partial charge in [0.25, 0.3) is 0 Å². The molecule has 4 N–H and O–H groups in total. The quantitative estimate of drug-likeness (QED) is 0.794. The second-order valence-electron chi connectivity index (χ2n) is 4.64. The lowest BCUT2D eigenvalue weighted by Gasteiger charge is -2.25. The monoisotopic (exact) mass is 317 g/mol. The minimum Gasteiger partial charge on any atom is -0.374 e. The van der Waals surface area contributed by atoms with Gasteiger partial charge in [0, 0.05) is 25.6 Å². The number of urea groups is 1. The van der Waals surface area contributed by atoms with Crippen LogP contribution in [0.2, 0.25) is 10.0 Å². The Bertz CT molecular complexity index is 485. The number of nitrogens with two attached hydrogens (primary N) is 1. The second kappa shape index (κ2) is 7.13. The summed E-state index contributed by atoms with van der Waals surface area (Å²) in [5.41, 5.74) is 6.14. The summed E-state index contributed by atoms with van der Waals surface area (Å²) in [4.78, 5) is 10.9. The van der Waals surface area contributed by atoms with Crippen molar-refractivity contribution in [3.05, 3.63) is 33.8 Å². The molecule has 7 heteroatoms. The van der Waals surface area contributed by atoms with Crippen LogP contribution in [0.4, 0.5) is 4.79 Å². The fourth-order valence-corrected chi connectivity index (χ4v) is 2.57. The number of rotatable bonds is 3. The second-order valence-corrected chi connectivity index (χ2v) is 5.45. The van der Waals surface area contributed by atoms with Crippen molar-refractivity contribution in [3.8, 4) is 0 Å². The maximum absolute atomic E-state index is 10.9. The standard InChI is InChI=1S/C13H17Cl2N3O2/c14-10-2-1-8(5-11(10)15)9-6-17-3-4-20-12(9)7-18-13(16)19/h1-2,5,9,12,17H,3-4,6-7H2,(H3,16,18,19). The number of hydrogen-bond acceptors (Lipinski definition) is 3. The lowest BCUT2D eigenvalue weighted by molar-refractivity contribution is 0.0541. The molecule has 0 saturated carbocycles. The van der Waals surface area contributed by atoms with Gasteiger partial charge in [0.05, 0.1) is 22.8 Å². The van der Waals surface area contributed by atoms with Crippen LogP contribution in [-0.4, -0.2) is 38.4 Å². The number of carbonyl (C=O) groups excluding carboxylic acids is 1. The molecule has 5 nitrogen and oxygen atoms in total. The minimum absolute atomic E-state index is 0.0686. The molecule has 2 unspecified atom stereocenters. The minimum atomic E-state index is -0.557. The number of amides is 2. The number of halogens is 2. The first-order chi connectivity index (χ1) is 9.58. The van der Waals surface area contributed by atoms with E-state index in [1.54, 1.807) is 6.07 Å². The zero-order valence-electron chi connectivity index (χ0n) is 10.9. The molecule has 1 heterocycles. The first-order valence-corrected chi connectivity index (χ1v) is 7.14. The van der Waals surface area contributed by atoms with E-state index < -0.39 is 6.03 Å². The largest absolute Gasteiger partial charge is 0.374 e. The zero-order valence-corrected chi connectivity index (χ0v) is 12.4. The van der Waals surface area contributed by atoms with Crippen LogP contribution >= 0.6 is 23.2 Å². The van der Waals surface area contributed by atoms with E-state index >= 15 is 0 Å². The van der Waals surface area contributed by atoms with Crippen LogP contribution in [0.25, 0.3) is 0 Å². The lowest BCUT2D eigenvalue weighted by atomic mass is 9.93. The van der Waals surface area contributed by atoms with E-state index in [2.05, 4.69) is 10.6 Å². The third kappa shape index (κ3) is 3.99. The summed E-state index contributed by atoms with van der Waals surface area (Å²) in [6.07, 6.45) is -0.158. The smallest absolute Gasteiger partial charge is 0.312 e. The van der Waals surface area contributed by atoms with E-state index in [4.69, 9.17) is 33.7 Å². The summed E-state index contributed by atoms with van der Waals surface area (Å²) in [6.45, 7) is 2.46.